The van der Waals surface area contributed by atoms with E-state index in [9.17, 15) is 0 Å². The normalized spacial score (nSPS) is 21.1. The molecule has 1 atom stereocenters. The van der Waals surface area contributed by atoms with E-state index in [1.54, 1.807) is 11.1 Å². The highest BCUT2D eigenvalue weighted by Gasteiger charge is 2.27. The second kappa shape index (κ2) is 3.55. The Kier molecular flexibility index (Phi) is 2.19. The summed E-state index contributed by atoms with van der Waals surface area (Å²) in [6.45, 7) is 2.31. The summed E-state index contributed by atoms with van der Waals surface area (Å²) in [5.41, 5.74) is 4.47. The fraction of sp³-hybridized carbons (Fsp3) is 0.571. The average molecular weight is 201 g/mol. The van der Waals surface area contributed by atoms with Gasteiger partial charge in [0, 0.05) is 11.7 Å². The van der Waals surface area contributed by atoms with Gasteiger partial charge in [0.1, 0.15) is 0 Å². The summed E-state index contributed by atoms with van der Waals surface area (Å²) in [4.78, 5) is 0. The molecule has 80 valence electrons. The van der Waals surface area contributed by atoms with E-state index < -0.39 is 0 Å². The van der Waals surface area contributed by atoms with Crippen molar-refractivity contribution in [2.75, 3.05) is 5.32 Å². The predicted octanol–water partition coefficient (Wildman–Crippen LogP) is 3.39. The molecule has 1 aromatic rings. The molecule has 0 heterocycles. The lowest BCUT2D eigenvalue weighted by atomic mass is 10.1. The summed E-state index contributed by atoms with van der Waals surface area (Å²) >= 11 is 0. The van der Waals surface area contributed by atoms with Crippen molar-refractivity contribution in [3.8, 4) is 0 Å². The molecular formula is C14H19N. The Labute approximate surface area is 91.9 Å². The second-order valence-electron chi connectivity index (χ2n) is 5.11. The minimum absolute atomic E-state index is 0.657. The van der Waals surface area contributed by atoms with Crippen molar-refractivity contribution in [1.29, 1.82) is 0 Å². The molecule has 1 aromatic carbocycles. The van der Waals surface area contributed by atoms with Crippen LogP contribution in [0.15, 0.2) is 18.2 Å². The first-order valence-corrected chi connectivity index (χ1v) is 6.21. The summed E-state index contributed by atoms with van der Waals surface area (Å²) in [5, 5.41) is 3.63. The molecule has 1 N–H and O–H groups in total. The molecule has 15 heavy (non-hydrogen) atoms. The van der Waals surface area contributed by atoms with Crippen molar-refractivity contribution < 1.29 is 0 Å². The van der Waals surface area contributed by atoms with Gasteiger partial charge in [0.15, 0.2) is 0 Å². The molecule has 0 amide bonds. The molecule has 0 bridgehead atoms. The maximum Gasteiger partial charge on any atom is 0.0345 e. The zero-order valence-electron chi connectivity index (χ0n) is 9.42. The minimum atomic E-state index is 0.657. The number of aryl methyl sites for hydroxylation is 2. The maximum atomic E-state index is 3.63. The Morgan fingerprint density at radius 3 is 2.80 bits per heavy atom. The number of fused-ring (bicyclic) bond motifs is 1. The third-order valence-corrected chi connectivity index (χ3v) is 3.82. The van der Waals surface area contributed by atoms with Gasteiger partial charge in [-0.1, -0.05) is 6.07 Å². The van der Waals surface area contributed by atoms with Gasteiger partial charge in [0.05, 0.1) is 0 Å². The molecule has 2 aliphatic carbocycles. The third-order valence-electron chi connectivity index (χ3n) is 3.82. The highest BCUT2D eigenvalue weighted by molar-refractivity contribution is 5.50. The molecule has 1 fully saturated rings. The molecule has 0 aromatic heterocycles. The Morgan fingerprint density at radius 1 is 1.20 bits per heavy atom. The lowest BCUT2D eigenvalue weighted by Crippen LogP contribution is -2.17. The van der Waals surface area contributed by atoms with E-state index in [0.717, 1.165) is 5.92 Å². The topological polar surface area (TPSA) is 12.0 Å². The van der Waals surface area contributed by atoms with Gasteiger partial charge < -0.3 is 5.32 Å². The van der Waals surface area contributed by atoms with Crippen molar-refractivity contribution >= 4 is 5.69 Å². The lowest BCUT2D eigenvalue weighted by Gasteiger charge is -2.15. The minimum Gasteiger partial charge on any atom is -0.382 e. The lowest BCUT2D eigenvalue weighted by molar-refractivity contribution is 0.694. The van der Waals surface area contributed by atoms with E-state index in [1.807, 2.05) is 0 Å². The second-order valence-corrected chi connectivity index (χ2v) is 5.11. The Morgan fingerprint density at radius 2 is 2.00 bits per heavy atom. The van der Waals surface area contributed by atoms with Crippen molar-refractivity contribution in [2.24, 2.45) is 5.92 Å². The first-order valence-electron chi connectivity index (χ1n) is 6.21. The van der Waals surface area contributed by atoms with Crippen molar-refractivity contribution in [3.05, 3.63) is 29.3 Å². The smallest absolute Gasteiger partial charge is 0.0345 e. The molecular weight excluding hydrogens is 182 g/mol. The van der Waals surface area contributed by atoms with Crippen LogP contribution in [-0.4, -0.2) is 6.04 Å². The number of hydrogen-bond donors (Lipinski definition) is 1. The molecule has 0 spiro atoms. The fourth-order valence-electron chi connectivity index (χ4n) is 2.64. The zero-order valence-corrected chi connectivity index (χ0v) is 9.42. The highest BCUT2D eigenvalue weighted by Crippen LogP contribution is 2.34. The number of rotatable bonds is 3. The molecule has 3 rings (SSSR count). The SMILES string of the molecule is C[C@H](Nc1ccc2c(c1)CCC2)C1CC1. The van der Waals surface area contributed by atoms with Crippen LogP contribution in [0.25, 0.3) is 0 Å². The first kappa shape index (κ1) is 9.26. The van der Waals surface area contributed by atoms with Crippen molar-refractivity contribution in [2.45, 2.75) is 45.1 Å². The van der Waals surface area contributed by atoms with Gasteiger partial charge in [0.2, 0.25) is 0 Å². The van der Waals surface area contributed by atoms with Crippen LogP contribution in [0.5, 0.6) is 0 Å². The highest BCUT2D eigenvalue weighted by atomic mass is 14.9. The van der Waals surface area contributed by atoms with E-state index in [0.29, 0.717) is 6.04 Å². The summed E-state index contributed by atoms with van der Waals surface area (Å²) < 4.78 is 0. The van der Waals surface area contributed by atoms with Crippen molar-refractivity contribution in [3.63, 3.8) is 0 Å². The van der Waals surface area contributed by atoms with Crippen LogP contribution >= 0.6 is 0 Å². The molecule has 0 aliphatic heterocycles. The van der Waals surface area contributed by atoms with Crippen LogP contribution in [0.3, 0.4) is 0 Å². The van der Waals surface area contributed by atoms with E-state index in [-0.39, 0.29) is 0 Å². The van der Waals surface area contributed by atoms with Crippen LogP contribution in [0, 0.1) is 5.92 Å². The summed E-state index contributed by atoms with van der Waals surface area (Å²) in [7, 11) is 0. The quantitative estimate of drug-likeness (QED) is 0.790. The fourth-order valence-corrected chi connectivity index (χ4v) is 2.64. The third kappa shape index (κ3) is 1.88. The van der Waals surface area contributed by atoms with Gasteiger partial charge in [-0.05, 0) is 68.2 Å². The van der Waals surface area contributed by atoms with Crippen LogP contribution in [0.4, 0.5) is 5.69 Å². The summed E-state index contributed by atoms with van der Waals surface area (Å²) in [6, 6.07) is 7.58. The van der Waals surface area contributed by atoms with Crippen molar-refractivity contribution in [1.82, 2.24) is 0 Å². The van der Waals surface area contributed by atoms with Gasteiger partial charge in [-0.25, -0.2) is 0 Å². The maximum absolute atomic E-state index is 3.63. The van der Waals surface area contributed by atoms with E-state index in [2.05, 4.69) is 30.4 Å². The van der Waals surface area contributed by atoms with Crippen LogP contribution in [-0.2, 0) is 12.8 Å². The molecule has 2 aliphatic rings. The molecule has 1 nitrogen and oxygen atoms in total. The van der Waals surface area contributed by atoms with Gasteiger partial charge in [-0.3, -0.25) is 0 Å². The Bertz CT molecular complexity index is 366. The van der Waals surface area contributed by atoms with Gasteiger partial charge in [-0.15, -0.1) is 0 Å². The summed E-state index contributed by atoms with van der Waals surface area (Å²) in [5.74, 6) is 0.929. The predicted molar refractivity (Wildman–Crippen MR) is 64.3 cm³/mol. The number of nitrogens with one attached hydrogen (secondary N) is 1. The largest absolute Gasteiger partial charge is 0.382 e. The van der Waals surface area contributed by atoms with Gasteiger partial charge in [0.25, 0.3) is 0 Å². The van der Waals surface area contributed by atoms with E-state index >= 15 is 0 Å². The average Bonchev–Trinajstić information content (AvgIpc) is 2.98. The van der Waals surface area contributed by atoms with Crippen LogP contribution in [0.1, 0.15) is 37.3 Å². The molecule has 1 heteroatoms. The molecule has 0 unspecified atom stereocenters. The van der Waals surface area contributed by atoms with Gasteiger partial charge >= 0.3 is 0 Å². The van der Waals surface area contributed by atoms with Crippen LogP contribution < -0.4 is 5.32 Å². The Hall–Kier alpha value is -0.980. The first-order chi connectivity index (χ1) is 7.33. The van der Waals surface area contributed by atoms with E-state index in [4.69, 9.17) is 0 Å². The Balaban J connectivity index is 1.74. The number of benzene rings is 1. The molecule has 1 saturated carbocycles. The molecule has 0 radical (unpaired) electrons. The monoisotopic (exact) mass is 201 g/mol. The van der Waals surface area contributed by atoms with E-state index in [1.165, 1.54) is 37.8 Å². The standard InChI is InChI=1S/C14H19N/c1-10(11-5-6-11)15-14-8-7-12-3-2-4-13(12)9-14/h7-11,15H,2-6H2,1H3/t10-/m0/s1. The number of hydrogen-bond acceptors (Lipinski definition) is 1. The molecule has 0 saturated heterocycles. The van der Waals surface area contributed by atoms with Crippen LogP contribution in [0.2, 0.25) is 0 Å². The summed E-state index contributed by atoms with van der Waals surface area (Å²) in [6.07, 6.45) is 6.74. The number of anilines is 1. The zero-order chi connectivity index (χ0) is 10.3. The van der Waals surface area contributed by atoms with Gasteiger partial charge in [-0.2, -0.15) is 0 Å².